The predicted octanol–water partition coefficient (Wildman–Crippen LogP) is 1.83. The summed E-state index contributed by atoms with van der Waals surface area (Å²) in [6.07, 6.45) is 0. The minimum atomic E-state index is -1.06. The molecule has 0 spiro atoms. The van der Waals surface area contributed by atoms with Gasteiger partial charge in [-0.3, -0.25) is 0 Å². The Morgan fingerprint density at radius 1 is 1.38 bits per heavy atom. The number of nitrogens with zero attached hydrogens (tertiary/aromatic N) is 3. The van der Waals surface area contributed by atoms with Gasteiger partial charge in [-0.05, 0) is 12.1 Å². The van der Waals surface area contributed by atoms with E-state index < -0.39 is 5.97 Å². The molecule has 5 nitrogen and oxygen atoms in total. The van der Waals surface area contributed by atoms with Crippen LogP contribution in [0.2, 0.25) is 5.02 Å². The molecule has 6 heteroatoms. The van der Waals surface area contributed by atoms with E-state index in [2.05, 4.69) is 10.3 Å². The van der Waals surface area contributed by atoms with Gasteiger partial charge in [0.1, 0.15) is 5.69 Å². The Kier molecular flexibility index (Phi) is 2.62. The first-order valence-corrected chi connectivity index (χ1v) is 4.86. The fourth-order valence-electron chi connectivity index (χ4n) is 1.40. The Morgan fingerprint density at radius 2 is 2.00 bits per heavy atom. The number of carboxylic acids is 1. The molecule has 0 aliphatic rings. The third-order valence-electron chi connectivity index (χ3n) is 2.15. The zero-order chi connectivity index (χ0) is 11.7. The molecule has 82 valence electrons. The maximum absolute atomic E-state index is 11.0. The molecule has 0 fully saturated rings. The number of benzene rings is 1. The zero-order valence-electron chi connectivity index (χ0n) is 8.38. The number of hydrogen-bond acceptors (Lipinski definition) is 3. The van der Waals surface area contributed by atoms with Crippen LogP contribution < -0.4 is 0 Å². The molecule has 1 aromatic carbocycles. The van der Waals surface area contributed by atoms with Gasteiger partial charge in [-0.15, -0.1) is 5.10 Å². The van der Waals surface area contributed by atoms with Crippen LogP contribution in [0, 0.1) is 0 Å². The second kappa shape index (κ2) is 3.94. The fourth-order valence-corrected chi connectivity index (χ4v) is 1.53. The second-order valence-electron chi connectivity index (χ2n) is 3.22. The predicted molar refractivity (Wildman–Crippen MR) is 58.4 cm³/mol. The van der Waals surface area contributed by atoms with Crippen LogP contribution in [0.3, 0.4) is 0 Å². The SMILES string of the molecule is Cn1nnc(-c2ccc(Cl)cc2)c1C(=O)O. The van der Waals surface area contributed by atoms with Crippen molar-refractivity contribution in [1.82, 2.24) is 15.0 Å². The molecular formula is C10H8ClN3O2. The van der Waals surface area contributed by atoms with Gasteiger partial charge in [-0.25, -0.2) is 9.48 Å². The Balaban J connectivity index is 2.56. The molecule has 0 amide bonds. The van der Waals surface area contributed by atoms with E-state index in [1.807, 2.05) is 0 Å². The van der Waals surface area contributed by atoms with Crippen molar-refractivity contribution >= 4 is 17.6 Å². The molecule has 1 heterocycles. The third-order valence-corrected chi connectivity index (χ3v) is 2.40. The molecule has 0 bridgehead atoms. The van der Waals surface area contributed by atoms with Crippen molar-refractivity contribution in [1.29, 1.82) is 0 Å². The summed E-state index contributed by atoms with van der Waals surface area (Å²) in [5.41, 5.74) is 1.07. The fraction of sp³-hybridized carbons (Fsp3) is 0.100. The van der Waals surface area contributed by atoms with Crippen LogP contribution in [0.25, 0.3) is 11.3 Å². The summed E-state index contributed by atoms with van der Waals surface area (Å²) in [4.78, 5) is 11.0. The quantitative estimate of drug-likeness (QED) is 0.865. The van der Waals surface area contributed by atoms with Crippen LogP contribution in [-0.2, 0) is 7.05 Å². The van der Waals surface area contributed by atoms with Crippen molar-refractivity contribution in [2.24, 2.45) is 7.05 Å². The number of carbonyl (C=O) groups is 1. The van der Waals surface area contributed by atoms with Gasteiger partial charge in [0.05, 0.1) is 0 Å². The Bertz CT molecular complexity index is 533. The second-order valence-corrected chi connectivity index (χ2v) is 3.66. The van der Waals surface area contributed by atoms with E-state index in [-0.39, 0.29) is 5.69 Å². The lowest BCUT2D eigenvalue weighted by Gasteiger charge is -1.99. The van der Waals surface area contributed by atoms with Crippen LogP contribution in [0.15, 0.2) is 24.3 Å². The molecule has 0 atom stereocenters. The van der Waals surface area contributed by atoms with Gasteiger partial charge in [-0.2, -0.15) is 0 Å². The molecule has 0 unspecified atom stereocenters. The van der Waals surface area contributed by atoms with Crippen molar-refractivity contribution in [3.63, 3.8) is 0 Å². The Hall–Kier alpha value is -1.88. The summed E-state index contributed by atoms with van der Waals surface area (Å²) in [5, 5.41) is 17.1. The number of aromatic carboxylic acids is 1. The average Bonchev–Trinajstić information content (AvgIpc) is 2.61. The minimum Gasteiger partial charge on any atom is -0.476 e. The molecule has 1 N–H and O–H groups in total. The summed E-state index contributed by atoms with van der Waals surface area (Å²) >= 11 is 5.75. The van der Waals surface area contributed by atoms with Crippen molar-refractivity contribution in [2.75, 3.05) is 0 Å². The largest absolute Gasteiger partial charge is 0.476 e. The number of halogens is 1. The molecule has 0 aliphatic heterocycles. The summed E-state index contributed by atoms with van der Waals surface area (Å²) < 4.78 is 1.23. The normalized spacial score (nSPS) is 10.4. The lowest BCUT2D eigenvalue weighted by Crippen LogP contribution is -2.06. The van der Waals surface area contributed by atoms with Gasteiger partial charge in [0, 0.05) is 17.6 Å². The van der Waals surface area contributed by atoms with E-state index in [1.54, 1.807) is 24.3 Å². The third kappa shape index (κ3) is 1.77. The lowest BCUT2D eigenvalue weighted by molar-refractivity contribution is 0.0686. The molecule has 16 heavy (non-hydrogen) atoms. The van der Waals surface area contributed by atoms with Gasteiger partial charge in [0.25, 0.3) is 0 Å². The van der Waals surface area contributed by atoms with E-state index in [0.29, 0.717) is 16.3 Å². The highest BCUT2D eigenvalue weighted by Gasteiger charge is 2.18. The average molecular weight is 238 g/mol. The van der Waals surface area contributed by atoms with Crippen molar-refractivity contribution in [3.8, 4) is 11.3 Å². The number of hydrogen-bond donors (Lipinski definition) is 1. The zero-order valence-corrected chi connectivity index (χ0v) is 9.14. The van der Waals surface area contributed by atoms with Gasteiger partial charge in [0.15, 0.2) is 5.69 Å². The molecular weight excluding hydrogens is 230 g/mol. The number of aryl methyl sites for hydroxylation is 1. The molecule has 0 radical (unpaired) electrons. The van der Waals surface area contributed by atoms with Crippen LogP contribution in [-0.4, -0.2) is 26.1 Å². The highest BCUT2D eigenvalue weighted by molar-refractivity contribution is 6.30. The number of aromatic nitrogens is 3. The van der Waals surface area contributed by atoms with Crippen LogP contribution in [0.4, 0.5) is 0 Å². The van der Waals surface area contributed by atoms with Gasteiger partial charge in [0.2, 0.25) is 0 Å². The monoisotopic (exact) mass is 237 g/mol. The Labute approximate surface area is 96.3 Å². The van der Waals surface area contributed by atoms with Gasteiger partial charge in [-0.1, -0.05) is 28.9 Å². The molecule has 2 rings (SSSR count). The van der Waals surface area contributed by atoms with Gasteiger partial charge < -0.3 is 5.11 Å². The standard InChI is InChI=1S/C10H8ClN3O2/c1-14-9(10(15)16)8(12-13-14)6-2-4-7(11)5-3-6/h2-5H,1H3,(H,15,16). The highest BCUT2D eigenvalue weighted by Crippen LogP contribution is 2.22. The maximum Gasteiger partial charge on any atom is 0.356 e. The summed E-state index contributed by atoms with van der Waals surface area (Å²) in [6, 6.07) is 6.77. The van der Waals surface area contributed by atoms with Crippen molar-refractivity contribution in [3.05, 3.63) is 35.0 Å². The first-order valence-electron chi connectivity index (χ1n) is 4.48. The molecule has 0 aliphatic carbocycles. The summed E-state index contributed by atoms with van der Waals surface area (Å²) in [6.45, 7) is 0. The van der Waals surface area contributed by atoms with E-state index in [0.717, 1.165) is 0 Å². The highest BCUT2D eigenvalue weighted by atomic mass is 35.5. The number of rotatable bonds is 2. The minimum absolute atomic E-state index is 0.0577. The van der Waals surface area contributed by atoms with E-state index in [9.17, 15) is 4.79 Å². The molecule has 0 saturated carbocycles. The lowest BCUT2D eigenvalue weighted by atomic mass is 10.1. The van der Waals surface area contributed by atoms with E-state index in [1.165, 1.54) is 11.7 Å². The van der Waals surface area contributed by atoms with Crippen LogP contribution in [0.5, 0.6) is 0 Å². The Morgan fingerprint density at radius 3 is 2.56 bits per heavy atom. The van der Waals surface area contributed by atoms with E-state index >= 15 is 0 Å². The topological polar surface area (TPSA) is 68.0 Å². The van der Waals surface area contributed by atoms with Crippen molar-refractivity contribution in [2.45, 2.75) is 0 Å². The smallest absolute Gasteiger partial charge is 0.356 e. The first kappa shape index (κ1) is 10.6. The maximum atomic E-state index is 11.0. The molecule has 1 aromatic heterocycles. The molecule has 0 saturated heterocycles. The number of carboxylic acid groups (broad SMARTS) is 1. The van der Waals surface area contributed by atoms with Crippen LogP contribution in [0.1, 0.15) is 10.5 Å². The van der Waals surface area contributed by atoms with Gasteiger partial charge >= 0.3 is 5.97 Å². The van der Waals surface area contributed by atoms with E-state index in [4.69, 9.17) is 16.7 Å². The summed E-state index contributed by atoms with van der Waals surface area (Å²) in [7, 11) is 1.54. The van der Waals surface area contributed by atoms with Crippen LogP contribution >= 0.6 is 11.6 Å². The first-order chi connectivity index (χ1) is 7.59. The van der Waals surface area contributed by atoms with Crippen molar-refractivity contribution < 1.29 is 9.90 Å². The molecule has 2 aromatic rings. The summed E-state index contributed by atoms with van der Waals surface area (Å²) in [5.74, 6) is -1.06.